The monoisotopic (exact) mass is 389 g/mol. The van der Waals surface area contributed by atoms with E-state index in [1.165, 1.54) is 107 Å². The fraction of sp³-hybridized carbons (Fsp3) is 1.00. The zero-order valence-corrected chi connectivity index (χ0v) is 20.0. The van der Waals surface area contributed by atoms with Crippen molar-refractivity contribution in [1.82, 2.24) is 0 Å². The molecule has 160 valence electrons. The summed E-state index contributed by atoms with van der Waals surface area (Å²) < 4.78 is 1.22. The lowest BCUT2D eigenvalue weighted by atomic mass is 9.98. The summed E-state index contributed by atoms with van der Waals surface area (Å²) in [5.74, 6) is 1.75. The maximum atomic E-state index is 2.48. The molecule has 2 heteroatoms. The number of unbranched alkanes of at least 4 members (excludes halogenated alkanes) is 10. The van der Waals surface area contributed by atoms with Gasteiger partial charge in [-0.2, -0.15) is 0 Å². The fourth-order valence-electron chi connectivity index (χ4n) is 4.49. The summed E-state index contributed by atoms with van der Waals surface area (Å²) in [6.07, 6.45) is 20.0. The second-order valence-corrected chi connectivity index (χ2v) is 9.62. The highest BCUT2D eigenvalue weighted by Crippen LogP contribution is 2.19. The fourth-order valence-corrected chi connectivity index (χ4v) is 4.49. The van der Waals surface area contributed by atoms with Crippen LogP contribution < -0.4 is 12.4 Å². The molecule has 0 aliphatic rings. The highest BCUT2D eigenvalue weighted by atomic mass is 35.5. The van der Waals surface area contributed by atoms with Gasteiger partial charge in [-0.3, -0.25) is 0 Å². The van der Waals surface area contributed by atoms with Gasteiger partial charge in [0.25, 0.3) is 0 Å². The van der Waals surface area contributed by atoms with Crippen LogP contribution in [-0.4, -0.2) is 31.7 Å². The van der Waals surface area contributed by atoms with Gasteiger partial charge in [0.05, 0.1) is 27.2 Å². The minimum atomic E-state index is 0. The molecule has 0 aromatic carbocycles. The lowest BCUT2D eigenvalue weighted by Crippen LogP contribution is -3.00. The van der Waals surface area contributed by atoms with Gasteiger partial charge < -0.3 is 16.9 Å². The van der Waals surface area contributed by atoms with Crippen molar-refractivity contribution in [3.63, 3.8) is 0 Å². The van der Waals surface area contributed by atoms with Crippen LogP contribution in [0.15, 0.2) is 0 Å². The van der Waals surface area contributed by atoms with E-state index in [4.69, 9.17) is 0 Å². The lowest BCUT2D eigenvalue weighted by Gasteiger charge is -2.35. The molecule has 0 N–H and O–H groups in total. The van der Waals surface area contributed by atoms with Gasteiger partial charge in [0.15, 0.2) is 0 Å². The van der Waals surface area contributed by atoms with Crippen molar-refractivity contribution < 1.29 is 16.9 Å². The second kappa shape index (κ2) is 18.6. The van der Waals surface area contributed by atoms with Crippen LogP contribution in [-0.2, 0) is 0 Å². The molecule has 0 radical (unpaired) electrons. The minimum Gasteiger partial charge on any atom is -1.00 e. The van der Waals surface area contributed by atoms with E-state index in [0.29, 0.717) is 0 Å². The van der Waals surface area contributed by atoms with E-state index in [2.05, 4.69) is 41.8 Å². The third kappa shape index (κ3) is 19.0. The molecule has 26 heavy (non-hydrogen) atoms. The van der Waals surface area contributed by atoms with Crippen LogP contribution in [0.1, 0.15) is 118 Å². The number of rotatable bonds is 18. The van der Waals surface area contributed by atoms with Crippen LogP contribution in [0.3, 0.4) is 0 Å². The predicted octanol–water partition coefficient (Wildman–Crippen LogP) is 4.84. The number of halogens is 1. The molecule has 0 amide bonds. The molecule has 0 saturated heterocycles. The third-order valence-electron chi connectivity index (χ3n) is 5.71. The molecule has 0 rings (SSSR count). The number of hydrogen-bond donors (Lipinski definition) is 0. The van der Waals surface area contributed by atoms with E-state index >= 15 is 0 Å². The zero-order valence-electron chi connectivity index (χ0n) is 19.3. The Morgan fingerprint density at radius 2 is 0.846 bits per heavy atom. The van der Waals surface area contributed by atoms with Gasteiger partial charge in [-0.1, -0.05) is 105 Å². The van der Waals surface area contributed by atoms with Crippen molar-refractivity contribution in [2.75, 3.05) is 27.2 Å². The molecule has 2 unspecified atom stereocenters. The highest BCUT2D eigenvalue weighted by molar-refractivity contribution is 4.57. The highest BCUT2D eigenvalue weighted by Gasteiger charge is 2.21. The van der Waals surface area contributed by atoms with Crippen molar-refractivity contribution in [3.8, 4) is 0 Å². The van der Waals surface area contributed by atoms with Gasteiger partial charge in [0, 0.05) is 11.8 Å². The SMILES string of the molecule is CCCCCCCCC(C)C[N+](C)(C)CC(C)CCCCCCCC.[Cl-]. The molecule has 0 saturated carbocycles. The first kappa shape index (κ1) is 28.5. The van der Waals surface area contributed by atoms with Crippen molar-refractivity contribution in [2.45, 2.75) is 118 Å². The van der Waals surface area contributed by atoms with E-state index in [9.17, 15) is 0 Å². The number of nitrogens with zero attached hydrogens (tertiary/aromatic N) is 1. The molecular weight excluding hydrogens is 338 g/mol. The second-order valence-electron chi connectivity index (χ2n) is 9.62. The maximum Gasteiger partial charge on any atom is 0.0808 e. The summed E-state index contributed by atoms with van der Waals surface area (Å²) >= 11 is 0. The Morgan fingerprint density at radius 3 is 1.19 bits per heavy atom. The summed E-state index contributed by atoms with van der Waals surface area (Å²) in [5.41, 5.74) is 0. The molecule has 0 aliphatic carbocycles. The summed E-state index contributed by atoms with van der Waals surface area (Å²) in [6.45, 7) is 12.3. The summed E-state index contributed by atoms with van der Waals surface area (Å²) in [6, 6.07) is 0. The van der Waals surface area contributed by atoms with Crippen molar-refractivity contribution >= 4 is 0 Å². The van der Waals surface area contributed by atoms with Crippen LogP contribution in [0.2, 0.25) is 0 Å². The number of hydrogen-bond acceptors (Lipinski definition) is 0. The Morgan fingerprint density at radius 1 is 0.538 bits per heavy atom. The Balaban J connectivity index is 0. The van der Waals surface area contributed by atoms with Crippen LogP contribution in [0.25, 0.3) is 0 Å². The summed E-state index contributed by atoms with van der Waals surface area (Å²) in [4.78, 5) is 0. The molecule has 2 atom stereocenters. The Labute approximate surface area is 173 Å². The topological polar surface area (TPSA) is 0 Å². The van der Waals surface area contributed by atoms with Crippen LogP contribution in [0.5, 0.6) is 0 Å². The molecule has 0 aromatic rings. The average molecular weight is 390 g/mol. The molecule has 0 spiro atoms. The van der Waals surface area contributed by atoms with Gasteiger partial charge in [0.1, 0.15) is 0 Å². The maximum absolute atomic E-state index is 2.48. The quantitative estimate of drug-likeness (QED) is 0.232. The van der Waals surface area contributed by atoms with E-state index in [1.54, 1.807) is 0 Å². The molecule has 0 bridgehead atoms. The van der Waals surface area contributed by atoms with Gasteiger partial charge in [-0.05, 0) is 12.8 Å². The van der Waals surface area contributed by atoms with Crippen LogP contribution >= 0.6 is 0 Å². The van der Waals surface area contributed by atoms with Crippen molar-refractivity contribution in [1.29, 1.82) is 0 Å². The Bertz CT molecular complexity index is 251. The molecule has 0 heterocycles. The third-order valence-corrected chi connectivity index (χ3v) is 5.71. The van der Waals surface area contributed by atoms with E-state index in [0.717, 1.165) is 11.8 Å². The minimum absolute atomic E-state index is 0. The van der Waals surface area contributed by atoms with Gasteiger partial charge in [-0.15, -0.1) is 0 Å². The predicted molar refractivity (Wildman–Crippen MR) is 116 cm³/mol. The van der Waals surface area contributed by atoms with Gasteiger partial charge in [-0.25, -0.2) is 0 Å². The summed E-state index contributed by atoms with van der Waals surface area (Å²) in [5, 5.41) is 0. The standard InChI is InChI=1S/C24H52N.ClH/c1-7-9-11-13-15-17-19-23(3)21-25(5,6)22-24(4)20-18-16-14-12-10-8-2;/h23-24H,7-22H2,1-6H3;1H/q+1;/p-1. The van der Waals surface area contributed by atoms with E-state index < -0.39 is 0 Å². The first-order valence-corrected chi connectivity index (χ1v) is 11.7. The summed E-state index contributed by atoms with van der Waals surface area (Å²) in [7, 11) is 4.91. The first-order chi connectivity index (χ1) is 11.9. The molecule has 0 aliphatic heterocycles. The Hall–Kier alpha value is 0.250. The van der Waals surface area contributed by atoms with Crippen molar-refractivity contribution in [2.24, 2.45) is 11.8 Å². The van der Waals surface area contributed by atoms with Crippen LogP contribution in [0, 0.1) is 11.8 Å². The molecule has 1 nitrogen and oxygen atoms in total. The largest absolute Gasteiger partial charge is 1.00 e. The van der Waals surface area contributed by atoms with E-state index in [-0.39, 0.29) is 12.4 Å². The Kier molecular flexibility index (Phi) is 20.4. The average Bonchev–Trinajstić information content (AvgIpc) is 2.53. The van der Waals surface area contributed by atoms with Gasteiger partial charge >= 0.3 is 0 Å². The zero-order chi connectivity index (χ0) is 19.0. The van der Waals surface area contributed by atoms with E-state index in [1.807, 2.05) is 0 Å². The van der Waals surface area contributed by atoms with Crippen molar-refractivity contribution in [3.05, 3.63) is 0 Å². The lowest BCUT2D eigenvalue weighted by molar-refractivity contribution is -0.896. The molecule has 0 aromatic heterocycles. The number of quaternary nitrogens is 1. The molecule has 0 fully saturated rings. The van der Waals surface area contributed by atoms with Gasteiger partial charge in [0.2, 0.25) is 0 Å². The first-order valence-electron chi connectivity index (χ1n) is 11.7. The normalized spacial score (nSPS) is 14.1. The smallest absolute Gasteiger partial charge is 0.0808 e. The van der Waals surface area contributed by atoms with Crippen LogP contribution in [0.4, 0.5) is 0 Å². The molecular formula is C24H52ClN.